The van der Waals surface area contributed by atoms with E-state index in [0.717, 1.165) is 17.7 Å². The van der Waals surface area contributed by atoms with Crippen LogP contribution in [-0.2, 0) is 13.2 Å². The van der Waals surface area contributed by atoms with Crippen molar-refractivity contribution in [2.24, 2.45) is 7.05 Å². The topological polar surface area (TPSA) is 81.1 Å². The molecule has 0 aliphatic rings. The molecule has 2 N–H and O–H groups in total. The minimum absolute atomic E-state index is 0.0592. The molecule has 4 rings (SSSR count). The van der Waals surface area contributed by atoms with Gasteiger partial charge in [-0.05, 0) is 36.4 Å². The van der Waals surface area contributed by atoms with E-state index in [9.17, 15) is 18.0 Å². The monoisotopic (exact) mass is 487 g/mol. The van der Waals surface area contributed by atoms with E-state index >= 15 is 0 Å². The van der Waals surface area contributed by atoms with Gasteiger partial charge in [0, 0.05) is 48.5 Å². The third-order valence-electron chi connectivity index (χ3n) is 4.61. The molecule has 0 bridgehead atoms. The molecule has 0 saturated heterocycles. The summed E-state index contributed by atoms with van der Waals surface area (Å²) in [5.41, 5.74) is 0.841. The number of carbonyl (C=O) groups excluding carboxylic acids is 1. The first-order chi connectivity index (χ1) is 16.2. The molecule has 0 fully saturated rings. The highest BCUT2D eigenvalue weighted by Crippen LogP contribution is 2.36. The van der Waals surface area contributed by atoms with Crippen LogP contribution in [0.25, 0.3) is 11.3 Å². The Bertz CT molecular complexity index is 1340. The second-order valence-corrected chi connectivity index (χ2v) is 7.62. The number of ether oxygens (including phenoxy) is 1. The highest BCUT2D eigenvalue weighted by molar-refractivity contribution is 6.31. The third-order valence-corrected chi connectivity index (χ3v) is 4.94. The van der Waals surface area contributed by atoms with Crippen LogP contribution in [0.5, 0.6) is 11.6 Å². The predicted octanol–water partition coefficient (Wildman–Crippen LogP) is 6.59. The minimum atomic E-state index is -4.64. The van der Waals surface area contributed by atoms with Crippen LogP contribution in [0, 0.1) is 0 Å². The molecule has 2 aromatic carbocycles. The molecule has 174 valence electrons. The lowest BCUT2D eigenvalue weighted by Gasteiger charge is -2.13. The van der Waals surface area contributed by atoms with Crippen molar-refractivity contribution in [2.75, 3.05) is 10.6 Å². The fourth-order valence-corrected chi connectivity index (χ4v) is 3.30. The second-order valence-electron chi connectivity index (χ2n) is 7.21. The fraction of sp³-hybridized carbons (Fsp3) is 0.0870. The van der Waals surface area contributed by atoms with Crippen molar-refractivity contribution < 1.29 is 22.7 Å². The number of amides is 2. The molecule has 0 aliphatic heterocycles. The number of halogens is 4. The molecule has 0 saturated carbocycles. The summed E-state index contributed by atoms with van der Waals surface area (Å²) < 4.78 is 46.7. The van der Waals surface area contributed by atoms with Gasteiger partial charge in [-0.15, -0.1) is 0 Å². The average molecular weight is 488 g/mol. The van der Waals surface area contributed by atoms with Crippen LogP contribution in [0.3, 0.4) is 0 Å². The van der Waals surface area contributed by atoms with Crippen molar-refractivity contribution >= 4 is 29.0 Å². The van der Waals surface area contributed by atoms with Gasteiger partial charge in [-0.3, -0.25) is 0 Å². The number of nitrogens with one attached hydrogen (secondary N) is 2. The van der Waals surface area contributed by atoms with Gasteiger partial charge in [0.05, 0.1) is 16.3 Å². The molecule has 11 heteroatoms. The van der Waals surface area contributed by atoms with E-state index in [1.54, 1.807) is 30.3 Å². The summed E-state index contributed by atoms with van der Waals surface area (Å²) >= 11 is 5.60. The Balaban J connectivity index is 1.44. The van der Waals surface area contributed by atoms with E-state index in [0.29, 0.717) is 23.0 Å². The maximum atomic E-state index is 13.0. The molecule has 2 aromatic heterocycles. The normalized spacial score (nSPS) is 11.2. The third kappa shape index (κ3) is 5.65. The van der Waals surface area contributed by atoms with Gasteiger partial charge < -0.3 is 19.9 Å². The van der Waals surface area contributed by atoms with Gasteiger partial charge >= 0.3 is 12.2 Å². The first-order valence-electron chi connectivity index (χ1n) is 9.84. The minimum Gasteiger partial charge on any atom is -0.439 e. The summed E-state index contributed by atoms with van der Waals surface area (Å²) in [5.74, 6) is 0.692. The molecular formula is C23H17ClF3N5O2. The van der Waals surface area contributed by atoms with E-state index in [1.807, 2.05) is 30.1 Å². The van der Waals surface area contributed by atoms with Crippen LogP contribution < -0.4 is 15.4 Å². The van der Waals surface area contributed by atoms with Crippen LogP contribution in [0.1, 0.15) is 5.56 Å². The average Bonchev–Trinajstić information content (AvgIpc) is 3.21. The molecule has 0 unspecified atom stereocenters. The summed E-state index contributed by atoms with van der Waals surface area (Å²) in [7, 11) is 1.90. The Kier molecular flexibility index (Phi) is 6.42. The van der Waals surface area contributed by atoms with Crippen LogP contribution in [0.15, 0.2) is 73.3 Å². The first kappa shape index (κ1) is 23.1. The SMILES string of the molecule is Cn1ccc(-c2cc(Oc3cccc(NC(=O)Nc4ccc(Cl)c(C(F)(F)F)c4)c3)ncn2)c1. The van der Waals surface area contributed by atoms with E-state index in [1.165, 1.54) is 12.4 Å². The zero-order chi connectivity index (χ0) is 24.3. The van der Waals surface area contributed by atoms with Crippen LogP contribution >= 0.6 is 11.6 Å². The van der Waals surface area contributed by atoms with E-state index in [-0.39, 0.29) is 5.69 Å². The van der Waals surface area contributed by atoms with Gasteiger partial charge in [0.1, 0.15) is 12.1 Å². The van der Waals surface area contributed by atoms with E-state index < -0.39 is 22.8 Å². The zero-order valence-corrected chi connectivity index (χ0v) is 18.4. The summed E-state index contributed by atoms with van der Waals surface area (Å²) in [6.07, 6.45) is 0.548. The number of alkyl halides is 3. The number of carbonyl (C=O) groups is 1. The first-order valence-corrected chi connectivity index (χ1v) is 10.2. The predicted molar refractivity (Wildman–Crippen MR) is 122 cm³/mol. The number of rotatable bonds is 5. The van der Waals surface area contributed by atoms with Crippen molar-refractivity contribution in [3.05, 3.63) is 83.9 Å². The molecule has 2 heterocycles. The van der Waals surface area contributed by atoms with Gasteiger partial charge in [-0.2, -0.15) is 13.2 Å². The van der Waals surface area contributed by atoms with Gasteiger partial charge in [-0.1, -0.05) is 17.7 Å². The Labute approximate surface area is 197 Å². The largest absolute Gasteiger partial charge is 0.439 e. The number of benzene rings is 2. The fourth-order valence-electron chi connectivity index (χ4n) is 3.08. The molecule has 0 spiro atoms. The van der Waals surface area contributed by atoms with Crippen molar-refractivity contribution in [3.8, 4) is 22.9 Å². The molecule has 4 aromatic rings. The Hall–Kier alpha value is -4.05. The van der Waals surface area contributed by atoms with E-state index in [4.69, 9.17) is 16.3 Å². The van der Waals surface area contributed by atoms with Crippen molar-refractivity contribution in [1.29, 1.82) is 0 Å². The quantitative estimate of drug-likeness (QED) is 0.333. The van der Waals surface area contributed by atoms with Crippen molar-refractivity contribution in [2.45, 2.75) is 6.18 Å². The summed E-state index contributed by atoms with van der Waals surface area (Å²) in [6, 6.07) is 12.4. The Morgan fingerprint density at radius 3 is 2.50 bits per heavy atom. The van der Waals surface area contributed by atoms with Gasteiger partial charge in [-0.25, -0.2) is 14.8 Å². The molecular weight excluding hydrogens is 471 g/mol. The maximum Gasteiger partial charge on any atom is 0.417 e. The van der Waals surface area contributed by atoms with Gasteiger partial charge in [0.2, 0.25) is 5.88 Å². The van der Waals surface area contributed by atoms with Crippen LogP contribution in [0.2, 0.25) is 5.02 Å². The molecule has 0 radical (unpaired) electrons. The summed E-state index contributed by atoms with van der Waals surface area (Å²) in [6.45, 7) is 0. The number of hydrogen-bond acceptors (Lipinski definition) is 4. The van der Waals surface area contributed by atoms with Crippen molar-refractivity contribution in [1.82, 2.24) is 14.5 Å². The zero-order valence-electron chi connectivity index (χ0n) is 17.6. The van der Waals surface area contributed by atoms with E-state index in [2.05, 4.69) is 20.6 Å². The number of hydrogen-bond donors (Lipinski definition) is 2. The number of anilines is 2. The standard InChI is InChI=1S/C23H17ClF3N5O2/c1-32-8-7-14(12-32)20-11-21(29-13-28-20)34-17-4-2-3-15(9-17)30-22(33)31-16-5-6-19(24)18(10-16)23(25,26)27/h2-13H,1H3,(H2,30,31,33). The summed E-state index contributed by atoms with van der Waals surface area (Å²) in [5, 5.41) is 4.45. The number of aryl methyl sites for hydroxylation is 1. The smallest absolute Gasteiger partial charge is 0.417 e. The number of nitrogens with zero attached hydrogens (tertiary/aromatic N) is 3. The molecule has 34 heavy (non-hydrogen) atoms. The highest BCUT2D eigenvalue weighted by Gasteiger charge is 2.33. The van der Waals surface area contributed by atoms with Gasteiger partial charge in [0.15, 0.2) is 0 Å². The number of aromatic nitrogens is 3. The van der Waals surface area contributed by atoms with Crippen LogP contribution in [-0.4, -0.2) is 20.6 Å². The van der Waals surface area contributed by atoms with Crippen LogP contribution in [0.4, 0.5) is 29.3 Å². The Morgan fingerprint density at radius 2 is 1.79 bits per heavy atom. The Morgan fingerprint density at radius 1 is 1.03 bits per heavy atom. The maximum absolute atomic E-state index is 13.0. The summed E-state index contributed by atoms with van der Waals surface area (Å²) in [4.78, 5) is 20.6. The van der Waals surface area contributed by atoms with Crippen molar-refractivity contribution in [3.63, 3.8) is 0 Å². The highest BCUT2D eigenvalue weighted by atomic mass is 35.5. The molecule has 0 atom stereocenters. The molecule has 0 aliphatic carbocycles. The molecule has 7 nitrogen and oxygen atoms in total. The lowest BCUT2D eigenvalue weighted by molar-refractivity contribution is -0.137. The lowest BCUT2D eigenvalue weighted by atomic mass is 10.2. The molecule has 2 amide bonds. The number of urea groups is 1. The van der Waals surface area contributed by atoms with Gasteiger partial charge in [0.25, 0.3) is 0 Å². The second kappa shape index (κ2) is 9.44. The lowest BCUT2D eigenvalue weighted by Crippen LogP contribution is -2.20.